The van der Waals surface area contributed by atoms with Crippen LogP contribution in [0.1, 0.15) is 25.7 Å². The minimum atomic E-state index is -0.277. The maximum atomic E-state index is 9.72. The van der Waals surface area contributed by atoms with E-state index in [1.165, 1.54) is 0 Å². The van der Waals surface area contributed by atoms with Crippen molar-refractivity contribution >= 4 is 5.95 Å². The van der Waals surface area contributed by atoms with Crippen LogP contribution in [0.15, 0.2) is 0 Å². The van der Waals surface area contributed by atoms with Crippen LogP contribution in [-0.4, -0.2) is 37.5 Å². The first-order valence-electron chi connectivity index (χ1n) is 4.94. The molecule has 1 aliphatic carbocycles. The summed E-state index contributed by atoms with van der Waals surface area (Å²) in [5, 5.41) is 23.9. The Labute approximate surface area is 82.3 Å². The van der Waals surface area contributed by atoms with E-state index in [1.807, 2.05) is 0 Å². The maximum absolute atomic E-state index is 9.72. The number of anilines is 1. The molecule has 1 fully saturated rings. The number of aromatic nitrogens is 4. The molecule has 0 saturated heterocycles. The lowest BCUT2D eigenvalue weighted by Gasteiger charge is -2.28. The number of aliphatic hydroxyl groups excluding tert-OH is 1. The van der Waals surface area contributed by atoms with Crippen molar-refractivity contribution in [1.29, 1.82) is 0 Å². The number of nitrogens with one attached hydrogen (secondary N) is 1. The van der Waals surface area contributed by atoms with Crippen LogP contribution in [-0.2, 0) is 7.05 Å². The van der Waals surface area contributed by atoms with Gasteiger partial charge in [0.05, 0.1) is 12.1 Å². The van der Waals surface area contributed by atoms with Crippen molar-refractivity contribution in [2.45, 2.75) is 37.8 Å². The van der Waals surface area contributed by atoms with E-state index in [-0.39, 0.29) is 12.1 Å². The van der Waals surface area contributed by atoms with Gasteiger partial charge in [0.15, 0.2) is 0 Å². The third-order valence-corrected chi connectivity index (χ3v) is 2.66. The summed E-state index contributed by atoms with van der Waals surface area (Å²) < 4.78 is 1.57. The highest BCUT2D eigenvalue weighted by atomic mass is 16.3. The molecule has 0 amide bonds. The zero-order chi connectivity index (χ0) is 9.97. The molecule has 0 unspecified atom stereocenters. The Balaban J connectivity index is 1.99. The molecule has 0 aliphatic heterocycles. The molecular formula is C8H15N5O. The molecule has 14 heavy (non-hydrogen) atoms. The van der Waals surface area contributed by atoms with E-state index in [2.05, 4.69) is 20.8 Å². The van der Waals surface area contributed by atoms with Gasteiger partial charge in [0.2, 0.25) is 5.95 Å². The number of hydrogen-bond acceptors (Lipinski definition) is 5. The van der Waals surface area contributed by atoms with E-state index >= 15 is 0 Å². The molecule has 0 bridgehead atoms. The highest BCUT2D eigenvalue weighted by Crippen LogP contribution is 2.20. The molecule has 1 saturated carbocycles. The lowest BCUT2D eigenvalue weighted by atomic mass is 9.93. The molecule has 78 valence electrons. The average Bonchev–Trinajstić information content (AvgIpc) is 2.56. The van der Waals surface area contributed by atoms with Gasteiger partial charge in [-0.1, -0.05) is 17.9 Å². The van der Waals surface area contributed by atoms with Crippen molar-refractivity contribution in [3.63, 3.8) is 0 Å². The quantitative estimate of drug-likeness (QED) is 0.694. The highest BCUT2D eigenvalue weighted by Gasteiger charge is 2.23. The summed E-state index contributed by atoms with van der Waals surface area (Å²) in [6.45, 7) is 0. The van der Waals surface area contributed by atoms with Gasteiger partial charge in [-0.15, -0.1) is 0 Å². The highest BCUT2D eigenvalue weighted by molar-refractivity contribution is 5.24. The largest absolute Gasteiger partial charge is 0.391 e. The number of tetrazole rings is 1. The van der Waals surface area contributed by atoms with E-state index in [9.17, 15) is 5.11 Å². The van der Waals surface area contributed by atoms with Crippen molar-refractivity contribution in [2.24, 2.45) is 7.05 Å². The summed E-state index contributed by atoms with van der Waals surface area (Å²) in [5.74, 6) is 0.621. The van der Waals surface area contributed by atoms with Crippen LogP contribution in [0.2, 0.25) is 0 Å². The Bertz CT molecular complexity index is 300. The zero-order valence-corrected chi connectivity index (χ0v) is 8.22. The van der Waals surface area contributed by atoms with Gasteiger partial charge in [-0.2, -0.15) is 0 Å². The first kappa shape index (κ1) is 9.39. The standard InChI is InChI=1S/C8H15N5O/c1-13-8(10-11-12-13)9-6-4-2-3-5-7(6)14/h6-7,14H,2-5H2,1H3,(H,9,10,12)/t6-,7-/m0/s1. The summed E-state index contributed by atoms with van der Waals surface area (Å²) in [5.41, 5.74) is 0. The topological polar surface area (TPSA) is 75.9 Å². The van der Waals surface area contributed by atoms with Crippen molar-refractivity contribution < 1.29 is 5.11 Å². The van der Waals surface area contributed by atoms with Gasteiger partial charge in [0.25, 0.3) is 0 Å². The minimum absolute atomic E-state index is 0.0912. The molecule has 2 atom stereocenters. The Hall–Kier alpha value is -1.17. The molecule has 1 aromatic rings. The molecule has 2 N–H and O–H groups in total. The molecule has 0 radical (unpaired) electrons. The van der Waals surface area contributed by atoms with Gasteiger partial charge in [0, 0.05) is 7.05 Å². The molecule has 6 heteroatoms. The SMILES string of the molecule is Cn1nnnc1N[C@H]1CCCC[C@@H]1O. The number of aryl methyl sites for hydroxylation is 1. The van der Waals surface area contributed by atoms with Gasteiger partial charge in [-0.25, -0.2) is 4.68 Å². The van der Waals surface area contributed by atoms with Gasteiger partial charge in [-0.05, 0) is 23.3 Å². The fraction of sp³-hybridized carbons (Fsp3) is 0.875. The normalized spacial score (nSPS) is 27.6. The molecule has 6 nitrogen and oxygen atoms in total. The third-order valence-electron chi connectivity index (χ3n) is 2.66. The van der Waals surface area contributed by atoms with E-state index in [4.69, 9.17) is 0 Å². The van der Waals surface area contributed by atoms with Gasteiger partial charge < -0.3 is 10.4 Å². The second-order valence-electron chi connectivity index (χ2n) is 3.73. The van der Waals surface area contributed by atoms with E-state index < -0.39 is 0 Å². The maximum Gasteiger partial charge on any atom is 0.242 e. The molecule has 1 aliphatic rings. The van der Waals surface area contributed by atoms with Crippen LogP contribution < -0.4 is 5.32 Å². The first-order valence-corrected chi connectivity index (χ1v) is 4.94. The first-order chi connectivity index (χ1) is 6.77. The van der Waals surface area contributed by atoms with Crippen LogP contribution in [0.4, 0.5) is 5.95 Å². The predicted octanol–water partition coefficient (Wildman–Crippen LogP) is -0.0745. The number of aliphatic hydroxyl groups is 1. The summed E-state index contributed by atoms with van der Waals surface area (Å²) in [7, 11) is 1.78. The Kier molecular flexibility index (Phi) is 2.62. The lowest BCUT2D eigenvalue weighted by molar-refractivity contribution is 0.116. The monoisotopic (exact) mass is 197 g/mol. The van der Waals surface area contributed by atoms with Gasteiger partial charge in [-0.3, -0.25) is 0 Å². The predicted molar refractivity (Wildman–Crippen MR) is 50.7 cm³/mol. The van der Waals surface area contributed by atoms with Crippen LogP contribution >= 0.6 is 0 Å². The van der Waals surface area contributed by atoms with Crippen molar-refractivity contribution in [3.05, 3.63) is 0 Å². The van der Waals surface area contributed by atoms with Gasteiger partial charge >= 0.3 is 0 Å². The molecule has 0 spiro atoms. The Morgan fingerprint density at radius 1 is 1.43 bits per heavy atom. The second kappa shape index (κ2) is 3.91. The van der Waals surface area contributed by atoms with Crippen LogP contribution in [0.5, 0.6) is 0 Å². The molecule has 2 rings (SSSR count). The number of rotatable bonds is 2. The van der Waals surface area contributed by atoms with Crippen molar-refractivity contribution in [1.82, 2.24) is 20.2 Å². The average molecular weight is 197 g/mol. The summed E-state index contributed by atoms with van der Waals surface area (Å²) in [6.07, 6.45) is 3.83. The number of hydrogen-bond donors (Lipinski definition) is 2. The summed E-state index contributed by atoms with van der Waals surface area (Å²) in [4.78, 5) is 0. The van der Waals surface area contributed by atoms with Crippen LogP contribution in [0.3, 0.4) is 0 Å². The van der Waals surface area contributed by atoms with Crippen LogP contribution in [0, 0.1) is 0 Å². The zero-order valence-electron chi connectivity index (χ0n) is 8.22. The second-order valence-corrected chi connectivity index (χ2v) is 3.73. The minimum Gasteiger partial charge on any atom is -0.391 e. The smallest absolute Gasteiger partial charge is 0.242 e. The molecular weight excluding hydrogens is 182 g/mol. The lowest BCUT2D eigenvalue weighted by Crippen LogP contribution is -2.37. The fourth-order valence-electron chi connectivity index (χ4n) is 1.80. The fourth-order valence-corrected chi connectivity index (χ4v) is 1.80. The van der Waals surface area contributed by atoms with E-state index in [1.54, 1.807) is 11.7 Å². The Morgan fingerprint density at radius 2 is 2.21 bits per heavy atom. The third kappa shape index (κ3) is 1.84. The van der Waals surface area contributed by atoms with Gasteiger partial charge in [0.1, 0.15) is 0 Å². The Morgan fingerprint density at radius 3 is 2.86 bits per heavy atom. The van der Waals surface area contributed by atoms with Crippen LogP contribution in [0.25, 0.3) is 0 Å². The molecule has 1 heterocycles. The van der Waals surface area contributed by atoms with E-state index in [0.29, 0.717) is 5.95 Å². The molecule has 0 aromatic carbocycles. The summed E-state index contributed by atoms with van der Waals surface area (Å²) in [6, 6.07) is 0.0912. The van der Waals surface area contributed by atoms with Crippen molar-refractivity contribution in [2.75, 3.05) is 5.32 Å². The number of nitrogens with zero attached hydrogens (tertiary/aromatic N) is 4. The molecule has 1 aromatic heterocycles. The van der Waals surface area contributed by atoms with Crippen molar-refractivity contribution in [3.8, 4) is 0 Å². The summed E-state index contributed by atoms with van der Waals surface area (Å²) >= 11 is 0. The van der Waals surface area contributed by atoms with E-state index in [0.717, 1.165) is 25.7 Å².